The number of carbonyl (C=O) groups is 1. The molecule has 0 atom stereocenters. The number of sulfonamides is 1. The van der Waals surface area contributed by atoms with Gasteiger partial charge in [-0.25, -0.2) is 13.8 Å². The Morgan fingerprint density at radius 1 is 0.895 bits per heavy atom. The molecule has 4 aromatic rings. The highest BCUT2D eigenvalue weighted by atomic mass is 32.2. The molecule has 0 unspecified atom stereocenters. The number of carbonyl (C=O) groups excluding carboxylic acids is 1. The van der Waals surface area contributed by atoms with Crippen molar-refractivity contribution in [3.63, 3.8) is 0 Å². The first-order chi connectivity index (χ1) is 18.5. The number of nitrogens with one attached hydrogen (secondary N) is 1. The summed E-state index contributed by atoms with van der Waals surface area (Å²) < 4.78 is 33.8. The van der Waals surface area contributed by atoms with E-state index in [9.17, 15) is 13.2 Å². The van der Waals surface area contributed by atoms with Crippen molar-refractivity contribution >= 4 is 27.8 Å². The van der Waals surface area contributed by atoms with Gasteiger partial charge in [-0.05, 0) is 59.7 Å². The lowest BCUT2D eigenvalue weighted by molar-refractivity contribution is 0.0955. The number of nitrogens with zero attached hydrogens (tertiary/aromatic N) is 2. The number of hydrazone groups is 1. The highest BCUT2D eigenvalue weighted by molar-refractivity contribution is 7.92. The van der Waals surface area contributed by atoms with E-state index in [1.807, 2.05) is 24.3 Å². The minimum Gasteiger partial charge on any atom is -0.490 e. The molecule has 8 heteroatoms. The summed E-state index contributed by atoms with van der Waals surface area (Å²) >= 11 is 0. The molecule has 0 spiro atoms. The third kappa shape index (κ3) is 6.74. The quantitative estimate of drug-likeness (QED) is 0.161. The van der Waals surface area contributed by atoms with Gasteiger partial charge in [0.2, 0.25) is 0 Å². The molecule has 1 amide bonds. The van der Waals surface area contributed by atoms with Gasteiger partial charge in [-0.15, -0.1) is 0 Å². The Morgan fingerprint density at radius 2 is 1.58 bits per heavy atom. The monoisotopic (exact) mass is 525 g/mol. The van der Waals surface area contributed by atoms with Crippen LogP contribution in [-0.4, -0.2) is 27.1 Å². The van der Waals surface area contributed by atoms with Crippen molar-refractivity contribution in [2.75, 3.05) is 10.9 Å². The van der Waals surface area contributed by atoms with E-state index in [2.05, 4.69) is 17.1 Å². The Morgan fingerprint density at radius 3 is 2.26 bits per heavy atom. The summed E-state index contributed by atoms with van der Waals surface area (Å²) in [5.74, 6) is 0.290. The van der Waals surface area contributed by atoms with E-state index in [1.165, 1.54) is 10.5 Å². The second-order valence-corrected chi connectivity index (χ2v) is 10.1. The fourth-order valence-electron chi connectivity index (χ4n) is 3.63. The summed E-state index contributed by atoms with van der Waals surface area (Å²) in [7, 11) is -3.80. The number of para-hydroxylation sites is 1. The van der Waals surface area contributed by atoms with Gasteiger partial charge in [0.05, 0.1) is 23.3 Å². The van der Waals surface area contributed by atoms with Crippen LogP contribution < -0.4 is 14.5 Å². The van der Waals surface area contributed by atoms with E-state index in [0.717, 1.165) is 11.1 Å². The van der Waals surface area contributed by atoms with Crippen molar-refractivity contribution in [3.8, 4) is 5.75 Å². The summed E-state index contributed by atoms with van der Waals surface area (Å²) in [6, 6.07) is 31.3. The number of rotatable bonds is 11. The number of hydrogen-bond acceptors (Lipinski definition) is 5. The third-order valence-corrected chi connectivity index (χ3v) is 7.31. The molecule has 0 saturated heterocycles. The second-order valence-electron chi connectivity index (χ2n) is 8.23. The van der Waals surface area contributed by atoms with E-state index in [0.29, 0.717) is 23.6 Å². The average Bonchev–Trinajstić information content (AvgIpc) is 2.96. The van der Waals surface area contributed by atoms with Gasteiger partial charge in [0.15, 0.2) is 0 Å². The Hall–Kier alpha value is -4.69. The zero-order valence-electron chi connectivity index (χ0n) is 20.6. The van der Waals surface area contributed by atoms with Crippen molar-refractivity contribution in [2.24, 2.45) is 5.10 Å². The van der Waals surface area contributed by atoms with Crippen LogP contribution in [0.2, 0.25) is 0 Å². The van der Waals surface area contributed by atoms with Crippen LogP contribution in [0.5, 0.6) is 5.75 Å². The third-order valence-electron chi connectivity index (χ3n) is 5.52. The highest BCUT2D eigenvalue weighted by Crippen LogP contribution is 2.26. The van der Waals surface area contributed by atoms with Crippen molar-refractivity contribution < 1.29 is 17.9 Å². The predicted molar refractivity (Wildman–Crippen MR) is 150 cm³/mol. The standard InChI is InChI=1S/C30H27N3O4S/c1-2-20-37-28-13-9-10-25(21-28)22-31-32-30(34)26-18-16-24(17-19-26)23-33(27-11-5-3-6-12-27)38(35,36)29-14-7-4-8-15-29/h2-19,21-22H,1,20,23H2,(H,32,34). The number of ether oxygens (including phenoxy) is 1. The number of anilines is 1. The Balaban J connectivity index is 1.46. The van der Waals surface area contributed by atoms with E-state index in [4.69, 9.17) is 4.74 Å². The lowest BCUT2D eigenvalue weighted by atomic mass is 10.1. The Kier molecular flexibility index (Phi) is 8.69. The molecule has 0 fully saturated rings. The first-order valence-electron chi connectivity index (χ1n) is 11.9. The molecular formula is C30H27N3O4S. The fraction of sp³-hybridized carbons (Fsp3) is 0.0667. The minimum absolute atomic E-state index is 0.103. The molecule has 4 aromatic carbocycles. The molecule has 0 heterocycles. The molecule has 0 aliphatic heterocycles. The summed E-state index contributed by atoms with van der Waals surface area (Å²) in [6.07, 6.45) is 3.19. The second kappa shape index (κ2) is 12.5. The van der Waals surface area contributed by atoms with E-state index in [1.54, 1.807) is 91.0 Å². The predicted octanol–water partition coefficient (Wildman–Crippen LogP) is 5.41. The summed E-state index contributed by atoms with van der Waals surface area (Å²) in [5, 5.41) is 4.03. The first-order valence-corrected chi connectivity index (χ1v) is 13.3. The van der Waals surface area contributed by atoms with Gasteiger partial charge in [0.25, 0.3) is 15.9 Å². The lowest BCUT2D eigenvalue weighted by Gasteiger charge is -2.24. The van der Waals surface area contributed by atoms with Crippen molar-refractivity contribution in [2.45, 2.75) is 11.4 Å². The molecule has 0 aliphatic carbocycles. The Bertz CT molecular complexity index is 1500. The van der Waals surface area contributed by atoms with Crippen LogP contribution >= 0.6 is 0 Å². The van der Waals surface area contributed by atoms with Gasteiger partial charge in [0.1, 0.15) is 12.4 Å². The molecule has 0 aromatic heterocycles. The summed E-state index contributed by atoms with van der Waals surface area (Å²) in [5.41, 5.74) is 4.94. The normalized spacial score (nSPS) is 11.2. The SMILES string of the molecule is C=CCOc1cccc(C=NNC(=O)c2ccc(CN(c3ccccc3)S(=O)(=O)c3ccccc3)cc2)c1. The molecule has 7 nitrogen and oxygen atoms in total. The summed E-state index contributed by atoms with van der Waals surface area (Å²) in [6.45, 7) is 4.12. The zero-order valence-corrected chi connectivity index (χ0v) is 21.4. The van der Waals surface area contributed by atoms with Gasteiger partial charge < -0.3 is 4.74 Å². The van der Waals surface area contributed by atoms with Crippen LogP contribution in [0.15, 0.2) is 132 Å². The topological polar surface area (TPSA) is 88.1 Å². The van der Waals surface area contributed by atoms with Gasteiger partial charge in [-0.3, -0.25) is 9.10 Å². The molecule has 38 heavy (non-hydrogen) atoms. The van der Waals surface area contributed by atoms with Gasteiger partial charge >= 0.3 is 0 Å². The molecule has 1 N–H and O–H groups in total. The molecule has 0 aliphatic rings. The maximum atomic E-state index is 13.5. The number of benzene rings is 4. The average molecular weight is 526 g/mol. The number of amides is 1. The van der Waals surface area contributed by atoms with Crippen LogP contribution in [0.1, 0.15) is 21.5 Å². The van der Waals surface area contributed by atoms with Crippen LogP contribution in [-0.2, 0) is 16.6 Å². The smallest absolute Gasteiger partial charge is 0.271 e. The maximum absolute atomic E-state index is 13.5. The van der Waals surface area contributed by atoms with Gasteiger partial charge in [0, 0.05) is 5.56 Å². The molecule has 192 valence electrons. The molecule has 4 rings (SSSR count). The lowest BCUT2D eigenvalue weighted by Crippen LogP contribution is -2.30. The van der Waals surface area contributed by atoms with Gasteiger partial charge in [-0.2, -0.15) is 5.10 Å². The van der Waals surface area contributed by atoms with E-state index >= 15 is 0 Å². The number of hydrogen-bond donors (Lipinski definition) is 1. The zero-order chi connectivity index (χ0) is 26.8. The van der Waals surface area contributed by atoms with Crippen molar-refractivity contribution in [1.82, 2.24) is 5.43 Å². The maximum Gasteiger partial charge on any atom is 0.271 e. The highest BCUT2D eigenvalue weighted by Gasteiger charge is 2.25. The minimum atomic E-state index is -3.80. The largest absolute Gasteiger partial charge is 0.490 e. The van der Waals surface area contributed by atoms with Crippen LogP contribution in [0.3, 0.4) is 0 Å². The Labute approximate surface area is 222 Å². The summed E-state index contributed by atoms with van der Waals surface area (Å²) in [4.78, 5) is 12.8. The van der Waals surface area contributed by atoms with E-state index < -0.39 is 10.0 Å². The van der Waals surface area contributed by atoms with Crippen molar-refractivity contribution in [3.05, 3.63) is 139 Å². The van der Waals surface area contributed by atoms with Crippen molar-refractivity contribution in [1.29, 1.82) is 0 Å². The first kappa shape index (κ1) is 26.4. The van der Waals surface area contributed by atoms with Crippen LogP contribution in [0.4, 0.5) is 5.69 Å². The molecule has 0 saturated carbocycles. The van der Waals surface area contributed by atoms with E-state index in [-0.39, 0.29) is 17.3 Å². The fourth-order valence-corrected chi connectivity index (χ4v) is 5.10. The van der Waals surface area contributed by atoms with Crippen LogP contribution in [0, 0.1) is 0 Å². The molecular weight excluding hydrogens is 498 g/mol. The van der Waals surface area contributed by atoms with Crippen LogP contribution in [0.25, 0.3) is 0 Å². The van der Waals surface area contributed by atoms with Gasteiger partial charge in [-0.1, -0.05) is 73.3 Å². The molecule has 0 radical (unpaired) electrons. The molecule has 0 bridgehead atoms.